The molecule has 112 valence electrons. The van der Waals surface area contributed by atoms with Crippen LogP contribution in [0.25, 0.3) is 0 Å². The minimum absolute atomic E-state index is 0.000903. The molecule has 6 heteroatoms. The lowest BCUT2D eigenvalue weighted by molar-refractivity contribution is -0.122. The van der Waals surface area contributed by atoms with Crippen molar-refractivity contribution in [3.05, 3.63) is 56.2 Å². The fourth-order valence-electron chi connectivity index (χ4n) is 1.97. The van der Waals surface area contributed by atoms with Crippen molar-refractivity contribution in [2.45, 2.75) is 13.1 Å². The van der Waals surface area contributed by atoms with E-state index in [1.807, 2.05) is 41.6 Å². The van der Waals surface area contributed by atoms with Crippen molar-refractivity contribution in [2.24, 2.45) is 0 Å². The summed E-state index contributed by atoms with van der Waals surface area (Å²) in [5.74, 6) is -0.000903. The van der Waals surface area contributed by atoms with Crippen molar-refractivity contribution in [3.8, 4) is 0 Å². The lowest BCUT2D eigenvalue weighted by atomic mass is 10.2. The molecule has 0 aliphatic rings. The first kappa shape index (κ1) is 16.3. The normalized spacial score (nSPS) is 10.9. The third-order valence-corrected chi connectivity index (χ3v) is 4.14. The van der Waals surface area contributed by atoms with Crippen LogP contribution in [0.5, 0.6) is 0 Å². The Hall–Kier alpha value is -1.07. The van der Waals surface area contributed by atoms with Gasteiger partial charge in [0.2, 0.25) is 5.91 Å². The molecule has 1 aromatic heterocycles. The molecule has 0 aliphatic carbocycles. The highest BCUT2D eigenvalue weighted by atomic mass is 35.5. The largest absolute Gasteiger partial charge is 0.350 e. The highest BCUT2D eigenvalue weighted by Gasteiger charge is 2.08. The van der Waals surface area contributed by atoms with Crippen LogP contribution in [0.15, 0.2) is 35.7 Å². The van der Waals surface area contributed by atoms with Crippen molar-refractivity contribution < 1.29 is 4.79 Å². The van der Waals surface area contributed by atoms with E-state index in [4.69, 9.17) is 23.2 Å². The van der Waals surface area contributed by atoms with Crippen LogP contribution >= 0.6 is 34.5 Å². The van der Waals surface area contributed by atoms with E-state index in [1.165, 1.54) is 0 Å². The number of nitrogens with one attached hydrogen (secondary N) is 1. The van der Waals surface area contributed by atoms with Gasteiger partial charge in [-0.15, -0.1) is 11.3 Å². The molecular formula is C15H16Cl2N2OS. The second-order valence-corrected chi connectivity index (χ2v) is 6.71. The Balaban J connectivity index is 1.80. The van der Waals surface area contributed by atoms with E-state index in [0.717, 1.165) is 10.4 Å². The molecule has 21 heavy (non-hydrogen) atoms. The Kier molecular flexibility index (Phi) is 6.06. The number of benzene rings is 1. The summed E-state index contributed by atoms with van der Waals surface area (Å²) in [6, 6.07) is 9.38. The number of carbonyl (C=O) groups excluding carboxylic acids is 1. The van der Waals surface area contributed by atoms with Gasteiger partial charge in [0.05, 0.1) is 13.1 Å². The molecule has 0 atom stereocenters. The topological polar surface area (TPSA) is 32.3 Å². The molecule has 3 nitrogen and oxygen atoms in total. The number of halogens is 2. The van der Waals surface area contributed by atoms with Gasteiger partial charge >= 0.3 is 0 Å². The van der Waals surface area contributed by atoms with Crippen molar-refractivity contribution in [1.29, 1.82) is 0 Å². The number of thiophene rings is 1. The van der Waals surface area contributed by atoms with Crippen LogP contribution in [-0.4, -0.2) is 24.4 Å². The summed E-state index contributed by atoms with van der Waals surface area (Å²) < 4.78 is 0. The zero-order valence-corrected chi connectivity index (χ0v) is 13.9. The SMILES string of the molecule is CN(CC(=O)NCc1cccs1)Cc1cc(Cl)cc(Cl)c1. The minimum Gasteiger partial charge on any atom is -0.350 e. The van der Waals surface area contributed by atoms with Crippen LogP contribution in [0.3, 0.4) is 0 Å². The van der Waals surface area contributed by atoms with E-state index in [0.29, 0.717) is 29.7 Å². The standard InChI is InChI=1S/C15H16Cl2N2OS/c1-19(9-11-5-12(16)7-13(17)6-11)10-15(20)18-8-14-3-2-4-21-14/h2-7H,8-10H2,1H3,(H,18,20). The van der Waals surface area contributed by atoms with E-state index in [2.05, 4.69) is 5.32 Å². The highest BCUT2D eigenvalue weighted by Crippen LogP contribution is 2.19. The second kappa shape index (κ2) is 7.80. The zero-order chi connectivity index (χ0) is 15.2. The number of rotatable bonds is 6. The molecule has 0 fully saturated rings. The first-order chi connectivity index (χ1) is 10.0. The van der Waals surface area contributed by atoms with Gasteiger partial charge in [0.15, 0.2) is 0 Å². The monoisotopic (exact) mass is 342 g/mol. The first-order valence-corrected chi connectivity index (χ1v) is 8.09. The summed E-state index contributed by atoms with van der Waals surface area (Å²) >= 11 is 13.6. The second-order valence-electron chi connectivity index (χ2n) is 4.81. The molecule has 1 amide bonds. The molecule has 0 saturated heterocycles. The molecule has 0 aliphatic heterocycles. The maximum atomic E-state index is 11.9. The third kappa shape index (κ3) is 5.67. The highest BCUT2D eigenvalue weighted by molar-refractivity contribution is 7.09. The summed E-state index contributed by atoms with van der Waals surface area (Å²) in [7, 11) is 1.89. The molecule has 0 unspecified atom stereocenters. The summed E-state index contributed by atoms with van der Waals surface area (Å²) in [4.78, 5) is 14.9. The molecule has 1 aromatic carbocycles. The maximum absolute atomic E-state index is 11.9. The number of amides is 1. The van der Waals surface area contributed by atoms with Crippen molar-refractivity contribution in [3.63, 3.8) is 0 Å². The molecule has 1 N–H and O–H groups in total. The Labute approximate surface area is 138 Å². The Morgan fingerprint density at radius 3 is 2.62 bits per heavy atom. The summed E-state index contributed by atoms with van der Waals surface area (Å²) in [6.07, 6.45) is 0. The third-order valence-electron chi connectivity index (χ3n) is 2.83. The fraction of sp³-hybridized carbons (Fsp3) is 0.267. The molecule has 2 rings (SSSR count). The van der Waals surface area contributed by atoms with Gasteiger partial charge in [0.25, 0.3) is 0 Å². The summed E-state index contributed by atoms with van der Waals surface area (Å²) in [5, 5.41) is 6.11. The Morgan fingerprint density at radius 1 is 1.29 bits per heavy atom. The Bertz CT molecular complexity index is 581. The van der Waals surface area contributed by atoms with Crippen molar-refractivity contribution in [2.75, 3.05) is 13.6 Å². The molecular weight excluding hydrogens is 327 g/mol. The average molecular weight is 343 g/mol. The summed E-state index contributed by atoms with van der Waals surface area (Å²) in [6.45, 7) is 1.52. The van der Waals surface area contributed by atoms with Crippen LogP contribution in [0, 0.1) is 0 Å². The quantitative estimate of drug-likeness (QED) is 0.865. The molecule has 1 heterocycles. The van der Waals surface area contributed by atoms with Gasteiger partial charge in [-0.3, -0.25) is 9.69 Å². The van der Waals surface area contributed by atoms with Gasteiger partial charge in [0, 0.05) is 21.5 Å². The fourth-order valence-corrected chi connectivity index (χ4v) is 3.19. The van der Waals surface area contributed by atoms with Crippen LogP contribution in [0.2, 0.25) is 10.0 Å². The van der Waals surface area contributed by atoms with E-state index >= 15 is 0 Å². The molecule has 0 radical (unpaired) electrons. The van der Waals surface area contributed by atoms with Crippen molar-refractivity contribution in [1.82, 2.24) is 10.2 Å². The van der Waals surface area contributed by atoms with Gasteiger partial charge in [-0.05, 0) is 42.3 Å². The van der Waals surface area contributed by atoms with Crippen LogP contribution < -0.4 is 5.32 Å². The van der Waals surface area contributed by atoms with Gasteiger partial charge in [-0.1, -0.05) is 29.3 Å². The van der Waals surface area contributed by atoms with E-state index in [1.54, 1.807) is 17.4 Å². The van der Waals surface area contributed by atoms with Crippen molar-refractivity contribution >= 4 is 40.4 Å². The maximum Gasteiger partial charge on any atom is 0.234 e. The van der Waals surface area contributed by atoms with Crippen LogP contribution in [0.4, 0.5) is 0 Å². The predicted octanol–water partition coefficient (Wildman–Crippen LogP) is 3.80. The van der Waals surface area contributed by atoms with Crippen LogP contribution in [0.1, 0.15) is 10.4 Å². The predicted molar refractivity (Wildman–Crippen MR) is 89.0 cm³/mol. The molecule has 0 spiro atoms. The molecule has 0 bridgehead atoms. The zero-order valence-electron chi connectivity index (χ0n) is 11.6. The number of nitrogens with zero attached hydrogens (tertiary/aromatic N) is 1. The number of hydrogen-bond donors (Lipinski definition) is 1. The van der Waals surface area contributed by atoms with Gasteiger partial charge in [-0.2, -0.15) is 0 Å². The Morgan fingerprint density at radius 2 is 2.00 bits per heavy atom. The van der Waals surface area contributed by atoms with E-state index < -0.39 is 0 Å². The number of hydrogen-bond acceptors (Lipinski definition) is 3. The van der Waals surface area contributed by atoms with E-state index in [9.17, 15) is 4.79 Å². The molecule has 0 saturated carbocycles. The summed E-state index contributed by atoms with van der Waals surface area (Å²) in [5.41, 5.74) is 0.987. The molecule has 2 aromatic rings. The minimum atomic E-state index is -0.000903. The number of likely N-dealkylation sites (N-methyl/N-ethyl adjacent to an activating group) is 1. The smallest absolute Gasteiger partial charge is 0.234 e. The van der Waals surface area contributed by atoms with Gasteiger partial charge in [-0.25, -0.2) is 0 Å². The van der Waals surface area contributed by atoms with Gasteiger partial charge < -0.3 is 5.32 Å². The van der Waals surface area contributed by atoms with Crippen LogP contribution in [-0.2, 0) is 17.9 Å². The lowest BCUT2D eigenvalue weighted by Crippen LogP contribution is -2.34. The first-order valence-electron chi connectivity index (χ1n) is 6.45. The lowest BCUT2D eigenvalue weighted by Gasteiger charge is -2.16. The average Bonchev–Trinajstić information content (AvgIpc) is 2.87. The van der Waals surface area contributed by atoms with E-state index in [-0.39, 0.29) is 5.91 Å². The van der Waals surface area contributed by atoms with Gasteiger partial charge in [0.1, 0.15) is 0 Å². The number of carbonyl (C=O) groups is 1.